The number of hydrogen-bond donors (Lipinski definition) is 1. The zero-order chi connectivity index (χ0) is 6.15. The Labute approximate surface area is 59.6 Å². The Morgan fingerprint density at radius 2 is 2.00 bits per heavy atom. The van der Waals surface area contributed by atoms with Gasteiger partial charge < -0.3 is 10.3 Å². The van der Waals surface area contributed by atoms with Gasteiger partial charge >= 0.3 is 0 Å². The van der Waals surface area contributed by atoms with E-state index in [0.717, 1.165) is 11.3 Å². The summed E-state index contributed by atoms with van der Waals surface area (Å²) in [6.45, 7) is 3.73. The van der Waals surface area contributed by atoms with Gasteiger partial charge in [0.1, 0.15) is 0 Å². The quantitative estimate of drug-likeness (QED) is 0.603. The molecule has 0 aliphatic heterocycles. The van der Waals surface area contributed by atoms with Crippen LogP contribution in [-0.4, -0.2) is 5.16 Å². The lowest BCUT2D eigenvalue weighted by Gasteiger charge is -1.80. The molecule has 0 unspecified atom stereocenters. The van der Waals surface area contributed by atoms with Gasteiger partial charge in [0, 0.05) is 5.56 Å². The number of aromatic nitrogens is 1. The predicted octanol–water partition coefficient (Wildman–Crippen LogP) is 1.30. The minimum absolute atomic E-state index is 0. The highest BCUT2D eigenvalue weighted by Crippen LogP contribution is 2.11. The Morgan fingerprint density at radius 1 is 1.44 bits per heavy atom. The van der Waals surface area contributed by atoms with Crippen molar-refractivity contribution >= 4 is 18.3 Å². The highest BCUT2D eigenvalue weighted by molar-refractivity contribution is 5.85. The van der Waals surface area contributed by atoms with Gasteiger partial charge in [-0.1, -0.05) is 5.16 Å². The number of halogens is 1. The summed E-state index contributed by atoms with van der Waals surface area (Å²) in [6.07, 6.45) is 0. The zero-order valence-electron chi connectivity index (χ0n) is 5.34. The second-order valence-corrected chi connectivity index (χ2v) is 1.76. The minimum atomic E-state index is 0. The van der Waals surface area contributed by atoms with Crippen molar-refractivity contribution < 1.29 is 4.52 Å². The van der Waals surface area contributed by atoms with E-state index in [4.69, 9.17) is 5.73 Å². The first-order valence-corrected chi connectivity index (χ1v) is 2.40. The van der Waals surface area contributed by atoms with Gasteiger partial charge in [0.2, 0.25) is 5.88 Å². The Hall–Kier alpha value is -0.700. The minimum Gasteiger partial charge on any atom is -0.367 e. The standard InChI is InChI=1S/C5H8N2O.ClH/c1-3-4(2)7-8-5(3)6;/h6H2,1-2H3;1H. The van der Waals surface area contributed by atoms with Gasteiger partial charge in [-0.15, -0.1) is 12.4 Å². The first-order chi connectivity index (χ1) is 3.72. The monoisotopic (exact) mass is 148 g/mol. The lowest BCUT2D eigenvalue weighted by Crippen LogP contribution is -1.82. The van der Waals surface area contributed by atoms with Gasteiger partial charge in [0.15, 0.2) is 0 Å². The molecule has 0 aliphatic rings. The molecule has 0 aromatic carbocycles. The van der Waals surface area contributed by atoms with E-state index in [1.54, 1.807) is 0 Å². The number of anilines is 1. The highest BCUT2D eigenvalue weighted by Gasteiger charge is 2.00. The highest BCUT2D eigenvalue weighted by atomic mass is 35.5. The maximum atomic E-state index is 5.31. The number of aryl methyl sites for hydroxylation is 1. The summed E-state index contributed by atoms with van der Waals surface area (Å²) in [5.41, 5.74) is 7.11. The van der Waals surface area contributed by atoms with Crippen molar-refractivity contribution in [1.82, 2.24) is 5.16 Å². The summed E-state index contributed by atoms with van der Waals surface area (Å²) in [5.74, 6) is 0.419. The normalized spacial score (nSPS) is 8.67. The summed E-state index contributed by atoms with van der Waals surface area (Å²) in [6, 6.07) is 0. The molecule has 9 heavy (non-hydrogen) atoms. The van der Waals surface area contributed by atoms with Gasteiger partial charge in [0.05, 0.1) is 5.69 Å². The molecule has 2 N–H and O–H groups in total. The van der Waals surface area contributed by atoms with Crippen molar-refractivity contribution in [3.63, 3.8) is 0 Å². The van der Waals surface area contributed by atoms with Crippen LogP contribution in [0.1, 0.15) is 11.3 Å². The summed E-state index contributed by atoms with van der Waals surface area (Å²) < 4.78 is 4.62. The second-order valence-electron chi connectivity index (χ2n) is 1.76. The number of nitrogens with two attached hydrogens (primary N) is 1. The van der Waals surface area contributed by atoms with Crippen LogP contribution in [-0.2, 0) is 0 Å². The fourth-order valence-electron chi connectivity index (χ4n) is 0.433. The van der Waals surface area contributed by atoms with Crippen LogP contribution in [0.15, 0.2) is 4.52 Å². The van der Waals surface area contributed by atoms with Crippen molar-refractivity contribution in [2.24, 2.45) is 0 Å². The molecular weight excluding hydrogens is 140 g/mol. The Bertz CT molecular complexity index is 177. The summed E-state index contributed by atoms with van der Waals surface area (Å²) in [5, 5.41) is 3.62. The van der Waals surface area contributed by atoms with Crippen LogP contribution in [0, 0.1) is 13.8 Å². The summed E-state index contributed by atoms with van der Waals surface area (Å²) in [7, 11) is 0. The summed E-state index contributed by atoms with van der Waals surface area (Å²) in [4.78, 5) is 0. The van der Waals surface area contributed by atoms with Crippen LogP contribution < -0.4 is 5.73 Å². The molecule has 4 heteroatoms. The molecular formula is C5H9ClN2O. The van der Waals surface area contributed by atoms with Gasteiger partial charge in [-0.25, -0.2) is 0 Å². The van der Waals surface area contributed by atoms with E-state index in [-0.39, 0.29) is 12.4 Å². The number of rotatable bonds is 0. The Morgan fingerprint density at radius 3 is 2.11 bits per heavy atom. The first kappa shape index (κ1) is 8.30. The molecule has 0 saturated carbocycles. The predicted molar refractivity (Wildman–Crippen MR) is 37.6 cm³/mol. The average molecular weight is 149 g/mol. The maximum Gasteiger partial charge on any atom is 0.225 e. The lowest BCUT2D eigenvalue weighted by atomic mass is 10.3. The second kappa shape index (κ2) is 2.73. The van der Waals surface area contributed by atoms with Crippen molar-refractivity contribution in [1.29, 1.82) is 0 Å². The molecule has 52 valence electrons. The molecule has 1 aromatic rings. The molecule has 0 bridgehead atoms. The Balaban J connectivity index is 0.000000640. The molecule has 1 heterocycles. The SMILES string of the molecule is Cc1noc(N)c1C.Cl. The molecule has 0 atom stereocenters. The van der Waals surface area contributed by atoms with Crippen LogP contribution >= 0.6 is 12.4 Å². The van der Waals surface area contributed by atoms with Crippen LogP contribution in [0.5, 0.6) is 0 Å². The van der Waals surface area contributed by atoms with Crippen molar-refractivity contribution in [2.45, 2.75) is 13.8 Å². The van der Waals surface area contributed by atoms with Crippen LogP contribution in [0.4, 0.5) is 5.88 Å². The van der Waals surface area contributed by atoms with Crippen molar-refractivity contribution in [2.75, 3.05) is 5.73 Å². The van der Waals surface area contributed by atoms with Crippen molar-refractivity contribution in [3.05, 3.63) is 11.3 Å². The van der Waals surface area contributed by atoms with E-state index in [1.807, 2.05) is 13.8 Å². The van der Waals surface area contributed by atoms with Gasteiger partial charge in [0.25, 0.3) is 0 Å². The third kappa shape index (κ3) is 1.36. The largest absolute Gasteiger partial charge is 0.367 e. The molecule has 0 amide bonds. The number of hydrogen-bond acceptors (Lipinski definition) is 3. The van der Waals surface area contributed by atoms with Crippen molar-refractivity contribution in [3.8, 4) is 0 Å². The molecule has 0 aliphatic carbocycles. The van der Waals surface area contributed by atoms with Gasteiger partial charge in [-0.05, 0) is 13.8 Å². The molecule has 0 saturated heterocycles. The van der Waals surface area contributed by atoms with E-state index in [9.17, 15) is 0 Å². The lowest BCUT2D eigenvalue weighted by molar-refractivity contribution is 0.431. The van der Waals surface area contributed by atoms with Crippen LogP contribution in [0.3, 0.4) is 0 Å². The molecule has 0 spiro atoms. The topological polar surface area (TPSA) is 52.0 Å². The molecule has 0 fully saturated rings. The fourth-order valence-corrected chi connectivity index (χ4v) is 0.433. The van der Waals surface area contributed by atoms with Crippen LogP contribution in [0.2, 0.25) is 0 Å². The zero-order valence-corrected chi connectivity index (χ0v) is 6.16. The molecule has 1 aromatic heterocycles. The first-order valence-electron chi connectivity index (χ1n) is 2.40. The van der Waals surface area contributed by atoms with E-state index >= 15 is 0 Å². The third-order valence-electron chi connectivity index (χ3n) is 1.19. The van der Waals surface area contributed by atoms with Gasteiger partial charge in [-0.3, -0.25) is 0 Å². The fraction of sp³-hybridized carbons (Fsp3) is 0.400. The Kier molecular flexibility index (Phi) is 2.52. The number of nitrogens with zero attached hydrogens (tertiary/aromatic N) is 1. The van der Waals surface area contributed by atoms with E-state index in [1.165, 1.54) is 0 Å². The maximum absolute atomic E-state index is 5.31. The molecule has 3 nitrogen and oxygen atoms in total. The van der Waals surface area contributed by atoms with E-state index in [0.29, 0.717) is 5.88 Å². The van der Waals surface area contributed by atoms with E-state index < -0.39 is 0 Å². The number of nitrogen functional groups attached to an aromatic ring is 1. The molecule has 1 rings (SSSR count). The molecule has 0 radical (unpaired) electrons. The smallest absolute Gasteiger partial charge is 0.225 e. The van der Waals surface area contributed by atoms with Gasteiger partial charge in [-0.2, -0.15) is 0 Å². The van der Waals surface area contributed by atoms with Crippen LogP contribution in [0.25, 0.3) is 0 Å². The van der Waals surface area contributed by atoms with E-state index in [2.05, 4.69) is 9.68 Å². The third-order valence-corrected chi connectivity index (χ3v) is 1.19. The average Bonchev–Trinajstić information content (AvgIpc) is 1.98. The summed E-state index contributed by atoms with van der Waals surface area (Å²) >= 11 is 0.